The van der Waals surface area contributed by atoms with Crippen molar-refractivity contribution >= 4 is 5.91 Å². The topological polar surface area (TPSA) is 29.5 Å². The molecule has 0 aromatic heterocycles. The standard InChI is InChI=1S/C16H19NO2/c1-4-9-17(11-13-6-7-13)16(18)14-8-5-12(2)15(10-14)19-3/h1,5,8,10,13H,6-7,9,11H2,2-3H3. The van der Waals surface area contributed by atoms with Gasteiger partial charge < -0.3 is 9.64 Å². The minimum absolute atomic E-state index is 0.0110. The molecular formula is C16H19NO2. The molecule has 0 N–H and O–H groups in total. The van der Waals surface area contributed by atoms with E-state index in [1.807, 2.05) is 19.1 Å². The molecule has 1 saturated carbocycles. The number of ether oxygens (including phenoxy) is 1. The van der Waals surface area contributed by atoms with Gasteiger partial charge in [-0.2, -0.15) is 0 Å². The van der Waals surface area contributed by atoms with Gasteiger partial charge in [0, 0.05) is 12.1 Å². The number of hydrogen-bond donors (Lipinski definition) is 0. The molecule has 1 aliphatic rings. The second-order valence-electron chi connectivity index (χ2n) is 5.02. The van der Waals surface area contributed by atoms with Gasteiger partial charge in [-0.25, -0.2) is 0 Å². The number of carbonyl (C=O) groups excluding carboxylic acids is 1. The van der Waals surface area contributed by atoms with Crippen molar-refractivity contribution in [3.63, 3.8) is 0 Å². The van der Waals surface area contributed by atoms with Crippen LogP contribution in [0, 0.1) is 25.2 Å². The smallest absolute Gasteiger partial charge is 0.254 e. The summed E-state index contributed by atoms with van der Waals surface area (Å²) >= 11 is 0. The molecule has 0 bridgehead atoms. The molecule has 1 aromatic rings. The number of hydrogen-bond acceptors (Lipinski definition) is 2. The summed E-state index contributed by atoms with van der Waals surface area (Å²) in [6.07, 6.45) is 7.75. The van der Waals surface area contributed by atoms with Crippen LogP contribution in [0.15, 0.2) is 18.2 Å². The van der Waals surface area contributed by atoms with E-state index in [0.717, 1.165) is 17.9 Å². The summed E-state index contributed by atoms with van der Waals surface area (Å²) in [6, 6.07) is 5.52. The van der Waals surface area contributed by atoms with Crippen LogP contribution in [0.5, 0.6) is 5.75 Å². The van der Waals surface area contributed by atoms with E-state index < -0.39 is 0 Å². The third-order valence-corrected chi connectivity index (χ3v) is 3.40. The zero-order valence-corrected chi connectivity index (χ0v) is 11.5. The lowest BCUT2D eigenvalue weighted by Gasteiger charge is -2.20. The van der Waals surface area contributed by atoms with Crippen molar-refractivity contribution in [1.82, 2.24) is 4.90 Å². The Hall–Kier alpha value is -1.95. The molecule has 0 spiro atoms. The summed E-state index contributed by atoms with van der Waals surface area (Å²) in [6.45, 7) is 3.08. The quantitative estimate of drug-likeness (QED) is 0.758. The lowest BCUT2D eigenvalue weighted by molar-refractivity contribution is 0.0769. The Morgan fingerprint density at radius 2 is 2.26 bits per heavy atom. The Kier molecular flexibility index (Phi) is 4.11. The second-order valence-corrected chi connectivity index (χ2v) is 5.02. The molecule has 0 unspecified atom stereocenters. The molecule has 3 heteroatoms. The zero-order chi connectivity index (χ0) is 13.8. The fourth-order valence-corrected chi connectivity index (χ4v) is 2.08. The first-order valence-electron chi connectivity index (χ1n) is 6.53. The van der Waals surface area contributed by atoms with E-state index in [1.165, 1.54) is 12.8 Å². The van der Waals surface area contributed by atoms with Crippen molar-refractivity contribution in [3.05, 3.63) is 29.3 Å². The Morgan fingerprint density at radius 3 is 2.84 bits per heavy atom. The summed E-state index contributed by atoms with van der Waals surface area (Å²) in [5.41, 5.74) is 1.66. The molecule has 0 saturated heterocycles. The fourth-order valence-electron chi connectivity index (χ4n) is 2.08. The number of methoxy groups -OCH3 is 1. The summed E-state index contributed by atoms with van der Waals surface area (Å²) in [5.74, 6) is 3.92. The van der Waals surface area contributed by atoms with E-state index in [4.69, 9.17) is 11.2 Å². The highest BCUT2D eigenvalue weighted by Crippen LogP contribution is 2.30. The van der Waals surface area contributed by atoms with Crippen LogP contribution in [0.3, 0.4) is 0 Å². The monoisotopic (exact) mass is 257 g/mol. The molecule has 1 amide bonds. The molecule has 2 rings (SSSR count). The highest BCUT2D eigenvalue weighted by atomic mass is 16.5. The Balaban J connectivity index is 2.17. The van der Waals surface area contributed by atoms with Crippen LogP contribution >= 0.6 is 0 Å². The van der Waals surface area contributed by atoms with Gasteiger partial charge in [0.25, 0.3) is 5.91 Å². The van der Waals surface area contributed by atoms with E-state index in [2.05, 4.69) is 5.92 Å². The highest BCUT2D eigenvalue weighted by molar-refractivity contribution is 5.95. The van der Waals surface area contributed by atoms with E-state index in [-0.39, 0.29) is 5.91 Å². The van der Waals surface area contributed by atoms with Crippen LogP contribution in [0.4, 0.5) is 0 Å². The van der Waals surface area contributed by atoms with Gasteiger partial charge >= 0.3 is 0 Å². The van der Waals surface area contributed by atoms with Gasteiger partial charge in [0.05, 0.1) is 13.7 Å². The Morgan fingerprint density at radius 1 is 1.53 bits per heavy atom. The molecule has 1 aromatic carbocycles. The number of amides is 1. The average molecular weight is 257 g/mol. The molecule has 19 heavy (non-hydrogen) atoms. The van der Waals surface area contributed by atoms with Gasteiger partial charge in [-0.1, -0.05) is 12.0 Å². The fraction of sp³-hybridized carbons (Fsp3) is 0.438. The van der Waals surface area contributed by atoms with Gasteiger partial charge in [0.2, 0.25) is 0 Å². The first-order valence-corrected chi connectivity index (χ1v) is 6.53. The maximum atomic E-state index is 12.5. The summed E-state index contributed by atoms with van der Waals surface area (Å²) in [4.78, 5) is 14.2. The number of rotatable bonds is 5. The SMILES string of the molecule is C#CCN(CC1CC1)C(=O)c1ccc(C)c(OC)c1. The lowest BCUT2D eigenvalue weighted by atomic mass is 10.1. The first-order chi connectivity index (χ1) is 9.15. The van der Waals surface area contributed by atoms with Crippen molar-refractivity contribution in [1.29, 1.82) is 0 Å². The number of nitrogens with zero attached hydrogens (tertiary/aromatic N) is 1. The Labute approximate surface area is 114 Å². The van der Waals surface area contributed by atoms with Crippen LogP contribution in [-0.4, -0.2) is 31.0 Å². The third-order valence-electron chi connectivity index (χ3n) is 3.40. The number of benzene rings is 1. The van der Waals surface area contributed by atoms with Gasteiger partial charge in [0.1, 0.15) is 5.75 Å². The maximum Gasteiger partial charge on any atom is 0.254 e. The predicted molar refractivity (Wildman–Crippen MR) is 75.2 cm³/mol. The first kappa shape index (κ1) is 13.5. The van der Waals surface area contributed by atoms with Gasteiger partial charge in [0.15, 0.2) is 0 Å². The molecule has 0 heterocycles. The molecule has 1 aliphatic carbocycles. The highest BCUT2D eigenvalue weighted by Gasteiger charge is 2.27. The molecular weight excluding hydrogens is 238 g/mol. The van der Waals surface area contributed by atoms with Crippen LogP contribution in [-0.2, 0) is 0 Å². The van der Waals surface area contributed by atoms with Crippen LogP contribution in [0.1, 0.15) is 28.8 Å². The van der Waals surface area contributed by atoms with E-state index in [0.29, 0.717) is 18.0 Å². The van der Waals surface area contributed by atoms with Gasteiger partial charge in [-0.05, 0) is 43.4 Å². The maximum absolute atomic E-state index is 12.5. The third kappa shape index (κ3) is 3.29. The molecule has 0 aliphatic heterocycles. The van der Waals surface area contributed by atoms with E-state index >= 15 is 0 Å². The normalized spacial score (nSPS) is 13.7. The number of terminal acetylenes is 1. The largest absolute Gasteiger partial charge is 0.496 e. The molecule has 0 radical (unpaired) electrons. The summed E-state index contributed by atoms with van der Waals surface area (Å²) in [7, 11) is 1.61. The van der Waals surface area contributed by atoms with Crippen molar-refractivity contribution in [2.24, 2.45) is 5.92 Å². The van der Waals surface area contributed by atoms with Gasteiger partial charge in [-0.3, -0.25) is 4.79 Å². The molecule has 3 nitrogen and oxygen atoms in total. The van der Waals surface area contributed by atoms with Crippen LogP contribution < -0.4 is 4.74 Å². The Bertz CT molecular complexity index is 512. The van der Waals surface area contributed by atoms with Crippen molar-refractivity contribution in [2.75, 3.05) is 20.2 Å². The zero-order valence-electron chi connectivity index (χ0n) is 11.5. The molecule has 0 atom stereocenters. The van der Waals surface area contributed by atoms with Crippen LogP contribution in [0.25, 0.3) is 0 Å². The van der Waals surface area contributed by atoms with E-state index in [1.54, 1.807) is 18.1 Å². The van der Waals surface area contributed by atoms with Crippen molar-refractivity contribution < 1.29 is 9.53 Å². The van der Waals surface area contributed by atoms with Gasteiger partial charge in [-0.15, -0.1) is 6.42 Å². The summed E-state index contributed by atoms with van der Waals surface area (Å²) in [5, 5.41) is 0. The van der Waals surface area contributed by atoms with Crippen molar-refractivity contribution in [3.8, 4) is 18.1 Å². The second kappa shape index (κ2) is 5.79. The minimum Gasteiger partial charge on any atom is -0.496 e. The summed E-state index contributed by atoms with van der Waals surface area (Å²) < 4.78 is 5.26. The average Bonchev–Trinajstić information content (AvgIpc) is 3.22. The minimum atomic E-state index is -0.0110. The number of aryl methyl sites for hydroxylation is 1. The molecule has 1 fully saturated rings. The van der Waals surface area contributed by atoms with E-state index in [9.17, 15) is 4.79 Å². The molecule has 100 valence electrons. The predicted octanol–water partition coefficient (Wildman–Crippen LogP) is 2.49. The van der Waals surface area contributed by atoms with Crippen LogP contribution in [0.2, 0.25) is 0 Å². The lowest BCUT2D eigenvalue weighted by Crippen LogP contribution is -2.33. The number of carbonyl (C=O) groups is 1. The van der Waals surface area contributed by atoms with Crippen molar-refractivity contribution in [2.45, 2.75) is 19.8 Å².